The summed E-state index contributed by atoms with van der Waals surface area (Å²) in [6.45, 7) is 0.619. The fourth-order valence-corrected chi connectivity index (χ4v) is 4.79. The van der Waals surface area contributed by atoms with E-state index >= 15 is 0 Å². The lowest BCUT2D eigenvalue weighted by atomic mass is 9.94. The molecule has 1 saturated carbocycles. The fourth-order valence-electron chi connectivity index (χ4n) is 3.95. The molecular weight excluding hydrogens is 326 g/mol. The molecule has 3 unspecified atom stereocenters. The van der Waals surface area contributed by atoms with Crippen molar-refractivity contribution in [2.24, 2.45) is 11.8 Å². The lowest BCUT2D eigenvalue weighted by Gasteiger charge is -2.24. The third-order valence-electron chi connectivity index (χ3n) is 5.11. The lowest BCUT2D eigenvalue weighted by molar-refractivity contribution is -0.149. The fraction of sp³-hybridized carbons (Fsp3) is 0.556. The maximum absolute atomic E-state index is 12.5. The van der Waals surface area contributed by atoms with E-state index in [2.05, 4.69) is 0 Å². The number of hydrogen-bond donors (Lipinski definition) is 1. The van der Waals surface area contributed by atoms with Gasteiger partial charge in [-0.3, -0.25) is 4.79 Å². The normalized spacial score (nSPS) is 25.5. The van der Waals surface area contributed by atoms with Gasteiger partial charge >= 0.3 is 5.97 Å². The van der Waals surface area contributed by atoms with Crippen molar-refractivity contribution in [3.8, 4) is 5.75 Å². The Morgan fingerprint density at radius 2 is 2.04 bits per heavy atom. The van der Waals surface area contributed by atoms with E-state index < -0.39 is 12.0 Å². The molecule has 1 aromatic rings. The standard InChI is InChI=1S/C18H23NO4S/c1-23-13-5-7-14(8-6-13)24-10-9-16(20)19-11-12-3-2-4-15(12)17(19)18(21)22/h5-8,12,15,17H,2-4,9-11H2,1H3,(H,21,22). The van der Waals surface area contributed by atoms with E-state index in [1.54, 1.807) is 23.8 Å². The molecule has 1 heterocycles. The highest BCUT2D eigenvalue weighted by atomic mass is 32.2. The van der Waals surface area contributed by atoms with Crippen molar-refractivity contribution in [1.29, 1.82) is 0 Å². The second-order valence-corrected chi connectivity index (χ2v) is 7.63. The molecule has 0 aromatic heterocycles. The van der Waals surface area contributed by atoms with Crippen LogP contribution in [0.4, 0.5) is 0 Å². The number of benzene rings is 1. The molecule has 1 amide bonds. The Balaban J connectivity index is 1.53. The van der Waals surface area contributed by atoms with Crippen LogP contribution in [0.15, 0.2) is 29.2 Å². The molecule has 0 bridgehead atoms. The summed E-state index contributed by atoms with van der Waals surface area (Å²) in [5.41, 5.74) is 0. The Morgan fingerprint density at radius 3 is 2.71 bits per heavy atom. The number of nitrogens with zero attached hydrogens (tertiary/aromatic N) is 1. The van der Waals surface area contributed by atoms with Crippen LogP contribution in [0.3, 0.4) is 0 Å². The first kappa shape index (κ1) is 17.1. The first-order chi connectivity index (χ1) is 11.6. The predicted molar refractivity (Wildman–Crippen MR) is 92.3 cm³/mol. The van der Waals surface area contributed by atoms with Crippen LogP contribution in [-0.2, 0) is 9.59 Å². The van der Waals surface area contributed by atoms with E-state index in [4.69, 9.17) is 4.74 Å². The highest BCUT2D eigenvalue weighted by Crippen LogP contribution is 2.42. The summed E-state index contributed by atoms with van der Waals surface area (Å²) in [5, 5.41) is 9.52. The van der Waals surface area contributed by atoms with E-state index in [1.807, 2.05) is 24.3 Å². The number of methoxy groups -OCH3 is 1. The van der Waals surface area contributed by atoms with Gasteiger partial charge in [-0.25, -0.2) is 4.79 Å². The Morgan fingerprint density at radius 1 is 1.29 bits per heavy atom. The first-order valence-corrected chi connectivity index (χ1v) is 9.38. The minimum Gasteiger partial charge on any atom is -0.497 e. The van der Waals surface area contributed by atoms with Crippen molar-refractivity contribution < 1.29 is 19.4 Å². The van der Waals surface area contributed by atoms with Gasteiger partial charge in [0, 0.05) is 23.6 Å². The summed E-state index contributed by atoms with van der Waals surface area (Å²) in [7, 11) is 1.63. The highest BCUT2D eigenvalue weighted by Gasteiger charge is 2.49. The number of carbonyl (C=O) groups excluding carboxylic acids is 1. The van der Waals surface area contributed by atoms with Crippen LogP contribution in [0.25, 0.3) is 0 Å². The van der Waals surface area contributed by atoms with Crippen molar-refractivity contribution >= 4 is 23.6 Å². The van der Waals surface area contributed by atoms with Crippen LogP contribution >= 0.6 is 11.8 Å². The number of ether oxygens (including phenoxy) is 1. The number of carbonyl (C=O) groups is 2. The number of fused-ring (bicyclic) bond motifs is 1. The van der Waals surface area contributed by atoms with E-state index in [0.29, 0.717) is 24.6 Å². The van der Waals surface area contributed by atoms with Crippen molar-refractivity contribution in [3.05, 3.63) is 24.3 Å². The molecule has 2 aliphatic rings. The van der Waals surface area contributed by atoms with Gasteiger partial charge in [-0.1, -0.05) is 6.42 Å². The zero-order valence-electron chi connectivity index (χ0n) is 13.8. The molecule has 130 valence electrons. The van der Waals surface area contributed by atoms with E-state index in [9.17, 15) is 14.7 Å². The molecular formula is C18H23NO4S. The number of rotatable bonds is 6. The molecule has 0 spiro atoms. The summed E-state index contributed by atoms with van der Waals surface area (Å²) >= 11 is 1.61. The zero-order valence-corrected chi connectivity index (χ0v) is 14.6. The summed E-state index contributed by atoms with van der Waals surface area (Å²) in [6, 6.07) is 7.11. The minimum atomic E-state index is -0.847. The maximum Gasteiger partial charge on any atom is 0.326 e. The molecule has 1 aliphatic carbocycles. The van der Waals surface area contributed by atoms with Gasteiger partial charge < -0.3 is 14.7 Å². The van der Waals surface area contributed by atoms with Crippen LogP contribution in [0.5, 0.6) is 5.75 Å². The molecule has 0 radical (unpaired) electrons. The number of carboxylic acids is 1. The van der Waals surface area contributed by atoms with Gasteiger partial charge in [-0.05, 0) is 48.9 Å². The molecule has 2 fully saturated rings. The quantitative estimate of drug-likeness (QED) is 0.800. The van der Waals surface area contributed by atoms with Crippen LogP contribution in [0, 0.1) is 11.8 Å². The molecule has 6 heteroatoms. The molecule has 1 saturated heterocycles. The van der Waals surface area contributed by atoms with Crippen LogP contribution in [0.2, 0.25) is 0 Å². The maximum atomic E-state index is 12.5. The topological polar surface area (TPSA) is 66.8 Å². The molecule has 24 heavy (non-hydrogen) atoms. The monoisotopic (exact) mass is 349 g/mol. The highest BCUT2D eigenvalue weighted by molar-refractivity contribution is 7.99. The second kappa shape index (κ2) is 7.47. The second-order valence-electron chi connectivity index (χ2n) is 6.46. The summed E-state index contributed by atoms with van der Waals surface area (Å²) in [6.07, 6.45) is 3.46. The zero-order chi connectivity index (χ0) is 17.1. The van der Waals surface area contributed by atoms with E-state index in [-0.39, 0.29) is 11.8 Å². The van der Waals surface area contributed by atoms with Crippen molar-refractivity contribution in [2.45, 2.75) is 36.6 Å². The SMILES string of the molecule is COc1ccc(SCCC(=O)N2CC3CCCC3C2C(=O)O)cc1. The number of aliphatic carboxylic acids is 1. The van der Waals surface area contributed by atoms with E-state index in [1.165, 1.54) is 0 Å². The third kappa shape index (κ3) is 3.53. The average molecular weight is 349 g/mol. The Hall–Kier alpha value is -1.69. The number of amides is 1. The number of carboxylic acid groups (broad SMARTS) is 1. The van der Waals surface area contributed by atoms with Gasteiger partial charge in [0.25, 0.3) is 0 Å². The van der Waals surface area contributed by atoms with Gasteiger partial charge in [0.15, 0.2) is 0 Å². The van der Waals surface area contributed by atoms with Gasteiger partial charge in [0.2, 0.25) is 5.91 Å². The van der Waals surface area contributed by atoms with Gasteiger partial charge in [0.1, 0.15) is 11.8 Å². The predicted octanol–water partition coefficient (Wildman–Crippen LogP) is 2.89. The van der Waals surface area contributed by atoms with Crippen LogP contribution in [-0.4, -0.2) is 47.3 Å². The summed E-state index contributed by atoms with van der Waals surface area (Å²) in [5.74, 6) is 1.12. The molecule has 3 rings (SSSR count). The van der Waals surface area contributed by atoms with Crippen molar-refractivity contribution in [2.75, 3.05) is 19.4 Å². The van der Waals surface area contributed by atoms with Crippen molar-refractivity contribution in [1.82, 2.24) is 4.90 Å². The average Bonchev–Trinajstić information content (AvgIpc) is 3.15. The molecule has 1 aliphatic heterocycles. The smallest absolute Gasteiger partial charge is 0.326 e. The Bertz CT molecular complexity index is 604. The molecule has 1 N–H and O–H groups in total. The molecule has 3 atom stereocenters. The van der Waals surface area contributed by atoms with Crippen LogP contribution in [0.1, 0.15) is 25.7 Å². The Labute approximate surface area is 146 Å². The largest absolute Gasteiger partial charge is 0.497 e. The minimum absolute atomic E-state index is 0.0298. The van der Waals surface area contributed by atoms with Gasteiger partial charge in [-0.2, -0.15) is 0 Å². The third-order valence-corrected chi connectivity index (χ3v) is 6.12. The molecule has 1 aromatic carbocycles. The van der Waals surface area contributed by atoms with Gasteiger partial charge in [0.05, 0.1) is 7.11 Å². The number of thioether (sulfide) groups is 1. The lowest BCUT2D eigenvalue weighted by Crippen LogP contribution is -2.43. The number of likely N-dealkylation sites (tertiary alicyclic amines) is 1. The van der Waals surface area contributed by atoms with Crippen molar-refractivity contribution in [3.63, 3.8) is 0 Å². The Kier molecular flexibility index (Phi) is 5.33. The first-order valence-electron chi connectivity index (χ1n) is 8.39. The summed E-state index contributed by atoms with van der Waals surface area (Å²) in [4.78, 5) is 26.8. The molecule has 5 nitrogen and oxygen atoms in total. The number of hydrogen-bond acceptors (Lipinski definition) is 4. The van der Waals surface area contributed by atoms with E-state index in [0.717, 1.165) is 29.9 Å². The van der Waals surface area contributed by atoms with Crippen LogP contribution < -0.4 is 4.74 Å². The van der Waals surface area contributed by atoms with Gasteiger partial charge in [-0.15, -0.1) is 11.8 Å². The summed E-state index contributed by atoms with van der Waals surface area (Å²) < 4.78 is 5.12.